The van der Waals surface area contributed by atoms with Crippen LogP contribution in [0.4, 0.5) is 5.69 Å². The van der Waals surface area contributed by atoms with Crippen molar-refractivity contribution in [1.82, 2.24) is 0 Å². The van der Waals surface area contributed by atoms with Crippen LogP contribution in [0.5, 0.6) is 0 Å². The Morgan fingerprint density at radius 2 is 1.59 bits per heavy atom. The van der Waals surface area contributed by atoms with Gasteiger partial charge in [0.1, 0.15) is 0 Å². The van der Waals surface area contributed by atoms with Crippen LogP contribution in [-0.2, 0) is 9.53 Å². The van der Waals surface area contributed by atoms with Gasteiger partial charge in [-0.1, -0.05) is 52.3 Å². The maximum Gasteiger partial charge on any atom is 0.339 e. The third-order valence-corrected chi connectivity index (χ3v) is 4.16. The number of amides is 1. The van der Waals surface area contributed by atoms with Crippen LogP contribution in [0, 0.1) is 0 Å². The number of alkyl halides is 1. The number of esters is 1. The molecule has 0 unspecified atom stereocenters. The Kier molecular flexibility index (Phi) is 5.33. The molecule has 0 aliphatic heterocycles. The first-order chi connectivity index (χ1) is 10.5. The molecule has 1 atom stereocenters. The van der Waals surface area contributed by atoms with Crippen LogP contribution < -0.4 is 5.32 Å². The third-order valence-electron chi connectivity index (χ3n) is 3.09. The molecule has 22 heavy (non-hydrogen) atoms. The van der Waals surface area contributed by atoms with Gasteiger partial charge in [-0.25, -0.2) is 4.79 Å². The lowest BCUT2D eigenvalue weighted by Gasteiger charge is -2.26. The van der Waals surface area contributed by atoms with Gasteiger partial charge >= 0.3 is 5.97 Å². The summed E-state index contributed by atoms with van der Waals surface area (Å²) in [5, 5.41) is 2.94. The lowest BCUT2D eigenvalue weighted by Crippen LogP contribution is -2.45. The van der Waals surface area contributed by atoms with Crippen molar-refractivity contribution in [1.29, 1.82) is 0 Å². The molecule has 0 aliphatic rings. The Labute approximate surface area is 137 Å². The van der Waals surface area contributed by atoms with Crippen molar-refractivity contribution >= 4 is 33.5 Å². The highest BCUT2D eigenvalue weighted by atomic mass is 79.9. The average molecular weight is 362 g/mol. The minimum Gasteiger partial charge on any atom is -0.445 e. The van der Waals surface area contributed by atoms with Gasteiger partial charge < -0.3 is 10.1 Å². The SMILES string of the molecule is C[C@](CBr)(OC(=O)c1ccccc1)C(=O)Nc1ccccc1. The molecule has 0 saturated heterocycles. The van der Waals surface area contributed by atoms with E-state index in [1.165, 1.54) is 0 Å². The molecule has 0 spiro atoms. The lowest BCUT2D eigenvalue weighted by molar-refractivity contribution is -0.131. The van der Waals surface area contributed by atoms with Gasteiger partial charge in [0.05, 0.1) is 10.9 Å². The van der Waals surface area contributed by atoms with E-state index in [1.54, 1.807) is 43.3 Å². The molecule has 0 bridgehead atoms. The van der Waals surface area contributed by atoms with E-state index in [4.69, 9.17) is 4.74 Å². The summed E-state index contributed by atoms with van der Waals surface area (Å²) in [6.07, 6.45) is 0. The molecule has 2 aromatic carbocycles. The molecule has 0 fully saturated rings. The molecule has 2 rings (SSSR count). The van der Waals surface area contributed by atoms with Crippen LogP contribution in [-0.4, -0.2) is 22.8 Å². The van der Waals surface area contributed by atoms with E-state index in [2.05, 4.69) is 21.2 Å². The van der Waals surface area contributed by atoms with Crippen molar-refractivity contribution in [2.45, 2.75) is 12.5 Å². The summed E-state index contributed by atoms with van der Waals surface area (Å²) >= 11 is 3.25. The topological polar surface area (TPSA) is 55.4 Å². The predicted molar refractivity (Wildman–Crippen MR) is 89.1 cm³/mol. The summed E-state index contributed by atoms with van der Waals surface area (Å²) in [6, 6.07) is 17.6. The van der Waals surface area contributed by atoms with E-state index >= 15 is 0 Å². The number of benzene rings is 2. The number of anilines is 1. The van der Waals surface area contributed by atoms with E-state index in [0.717, 1.165) is 0 Å². The van der Waals surface area contributed by atoms with Crippen molar-refractivity contribution in [3.05, 3.63) is 66.2 Å². The summed E-state index contributed by atoms with van der Waals surface area (Å²) in [4.78, 5) is 24.6. The van der Waals surface area contributed by atoms with Crippen molar-refractivity contribution in [3.63, 3.8) is 0 Å². The Morgan fingerprint density at radius 1 is 1.05 bits per heavy atom. The van der Waals surface area contributed by atoms with E-state index in [1.807, 2.05) is 24.3 Å². The zero-order valence-electron chi connectivity index (χ0n) is 12.1. The molecule has 0 radical (unpaired) electrons. The molecule has 2 aromatic rings. The molecule has 1 amide bonds. The minimum atomic E-state index is -1.30. The molecule has 0 heterocycles. The molecular weight excluding hydrogens is 346 g/mol. The van der Waals surface area contributed by atoms with Gasteiger partial charge in [-0.15, -0.1) is 0 Å². The summed E-state index contributed by atoms with van der Waals surface area (Å²) < 4.78 is 5.41. The molecule has 4 nitrogen and oxygen atoms in total. The summed E-state index contributed by atoms with van der Waals surface area (Å²) in [5.74, 6) is -0.925. The number of hydrogen-bond acceptors (Lipinski definition) is 3. The molecule has 5 heteroatoms. The van der Waals surface area contributed by atoms with Crippen molar-refractivity contribution in [2.24, 2.45) is 0 Å². The first-order valence-electron chi connectivity index (χ1n) is 6.76. The number of nitrogens with one attached hydrogen (secondary N) is 1. The van der Waals surface area contributed by atoms with Gasteiger partial charge in [-0.3, -0.25) is 4.79 Å². The smallest absolute Gasteiger partial charge is 0.339 e. The quantitative estimate of drug-likeness (QED) is 0.653. The van der Waals surface area contributed by atoms with E-state index in [9.17, 15) is 9.59 Å². The normalized spacial score (nSPS) is 13.0. The van der Waals surface area contributed by atoms with Crippen molar-refractivity contribution in [2.75, 3.05) is 10.6 Å². The maximum absolute atomic E-state index is 12.4. The van der Waals surface area contributed by atoms with Crippen LogP contribution >= 0.6 is 15.9 Å². The highest BCUT2D eigenvalue weighted by Crippen LogP contribution is 2.19. The largest absolute Gasteiger partial charge is 0.445 e. The first-order valence-corrected chi connectivity index (χ1v) is 7.88. The van der Waals surface area contributed by atoms with Gasteiger partial charge in [-0.2, -0.15) is 0 Å². The van der Waals surface area contributed by atoms with Crippen LogP contribution in [0.1, 0.15) is 17.3 Å². The number of para-hydroxylation sites is 1. The van der Waals surface area contributed by atoms with Gasteiger partial charge in [-0.05, 0) is 31.2 Å². The van der Waals surface area contributed by atoms with Crippen LogP contribution in [0.3, 0.4) is 0 Å². The van der Waals surface area contributed by atoms with Crippen molar-refractivity contribution < 1.29 is 14.3 Å². The second-order valence-corrected chi connectivity index (χ2v) is 5.50. The second kappa shape index (κ2) is 7.22. The number of rotatable bonds is 5. The molecule has 0 aliphatic carbocycles. The standard InChI is InChI=1S/C17H16BrNO3/c1-17(12-18,16(21)19-14-10-6-3-7-11-14)22-15(20)13-8-4-2-5-9-13/h2-11H,12H2,1H3,(H,19,21)/t17-/m1/s1. The first kappa shape index (κ1) is 16.2. The monoisotopic (exact) mass is 361 g/mol. The number of halogens is 1. The highest BCUT2D eigenvalue weighted by molar-refractivity contribution is 9.09. The van der Waals surface area contributed by atoms with Crippen LogP contribution in [0.15, 0.2) is 60.7 Å². The fraction of sp³-hybridized carbons (Fsp3) is 0.176. The fourth-order valence-electron chi connectivity index (χ4n) is 1.76. The molecule has 0 saturated carbocycles. The van der Waals surface area contributed by atoms with Gasteiger partial charge in [0.15, 0.2) is 5.60 Å². The zero-order chi connectivity index (χ0) is 16.0. The Balaban J connectivity index is 2.11. The van der Waals surface area contributed by atoms with Gasteiger partial charge in [0.2, 0.25) is 0 Å². The number of hydrogen-bond donors (Lipinski definition) is 1. The lowest BCUT2D eigenvalue weighted by atomic mass is 10.1. The van der Waals surface area contributed by atoms with Crippen molar-refractivity contribution in [3.8, 4) is 0 Å². The van der Waals surface area contributed by atoms with Crippen LogP contribution in [0.2, 0.25) is 0 Å². The molecule has 114 valence electrons. The van der Waals surface area contributed by atoms with E-state index < -0.39 is 11.6 Å². The third kappa shape index (κ3) is 3.95. The van der Waals surface area contributed by atoms with E-state index in [-0.39, 0.29) is 11.2 Å². The minimum absolute atomic E-state index is 0.192. The fourth-order valence-corrected chi connectivity index (χ4v) is 2.13. The highest BCUT2D eigenvalue weighted by Gasteiger charge is 2.36. The number of carbonyl (C=O) groups excluding carboxylic acids is 2. The molecular formula is C17H16BrNO3. The Morgan fingerprint density at radius 3 is 2.14 bits per heavy atom. The Hall–Kier alpha value is -2.14. The summed E-state index contributed by atoms with van der Waals surface area (Å²) in [7, 11) is 0. The predicted octanol–water partition coefficient (Wildman–Crippen LogP) is 3.64. The Bertz CT molecular complexity index is 645. The molecule has 1 N–H and O–H groups in total. The second-order valence-electron chi connectivity index (χ2n) is 4.94. The maximum atomic E-state index is 12.4. The van der Waals surface area contributed by atoms with E-state index in [0.29, 0.717) is 11.3 Å². The summed E-state index contributed by atoms with van der Waals surface area (Å²) in [6.45, 7) is 1.57. The summed E-state index contributed by atoms with van der Waals surface area (Å²) in [5.41, 5.74) is -0.249. The zero-order valence-corrected chi connectivity index (χ0v) is 13.7. The average Bonchev–Trinajstić information content (AvgIpc) is 2.56. The van der Waals surface area contributed by atoms with Gasteiger partial charge in [0, 0.05) is 5.69 Å². The van der Waals surface area contributed by atoms with Crippen LogP contribution in [0.25, 0.3) is 0 Å². The number of carbonyl (C=O) groups is 2. The number of ether oxygens (including phenoxy) is 1. The van der Waals surface area contributed by atoms with Gasteiger partial charge in [0.25, 0.3) is 5.91 Å². The molecule has 0 aromatic heterocycles.